The Bertz CT molecular complexity index is 663. The molecule has 20 heavy (non-hydrogen) atoms. The van der Waals surface area contributed by atoms with Crippen LogP contribution in [0.4, 0.5) is 11.4 Å². The highest BCUT2D eigenvalue weighted by Gasteiger charge is 2.13. The molecule has 3 N–H and O–H groups in total. The maximum absolute atomic E-state index is 12.4. The van der Waals surface area contributed by atoms with E-state index in [0.717, 1.165) is 24.9 Å². The molecule has 0 bridgehead atoms. The van der Waals surface area contributed by atoms with Crippen LogP contribution in [-0.4, -0.2) is 5.91 Å². The molecule has 0 aliphatic heterocycles. The van der Waals surface area contributed by atoms with Gasteiger partial charge >= 0.3 is 0 Å². The zero-order valence-electron chi connectivity index (χ0n) is 11.1. The lowest BCUT2D eigenvalue weighted by molar-refractivity contribution is 0.102. The zero-order chi connectivity index (χ0) is 14.9. The zero-order valence-corrected chi connectivity index (χ0v) is 14.9. The van der Waals surface area contributed by atoms with Crippen LogP contribution in [0.2, 0.25) is 0 Å². The molecule has 104 valence electrons. The lowest BCUT2D eigenvalue weighted by atomic mass is 10.1. The minimum Gasteiger partial charge on any atom is -0.399 e. The molecule has 0 saturated carbocycles. The number of hydrogen-bond donors (Lipinski definition) is 2. The van der Waals surface area contributed by atoms with Gasteiger partial charge in [-0.15, -0.1) is 0 Å². The third-order valence-electron chi connectivity index (χ3n) is 2.97. The Morgan fingerprint density at radius 2 is 1.80 bits per heavy atom. The van der Waals surface area contributed by atoms with Gasteiger partial charge in [0, 0.05) is 19.4 Å². The Morgan fingerprint density at radius 3 is 2.40 bits per heavy atom. The van der Waals surface area contributed by atoms with Crippen molar-refractivity contribution in [2.75, 3.05) is 11.1 Å². The molecule has 0 aliphatic rings. The summed E-state index contributed by atoms with van der Waals surface area (Å²) in [7, 11) is 0. The number of hydrogen-bond acceptors (Lipinski definition) is 2. The minimum absolute atomic E-state index is 0.133. The number of carbonyl (C=O) groups is 1. The fourth-order valence-electron chi connectivity index (χ4n) is 2.05. The van der Waals surface area contributed by atoms with Crippen LogP contribution in [0.25, 0.3) is 0 Å². The second-order valence-electron chi connectivity index (χ2n) is 4.61. The molecule has 0 atom stereocenters. The molecule has 2 aromatic carbocycles. The second kappa shape index (κ2) is 6.13. The molecular formula is C15H14BrIN2O. The summed E-state index contributed by atoms with van der Waals surface area (Å²) < 4.78 is 1.79. The lowest BCUT2D eigenvalue weighted by Gasteiger charge is -2.13. The van der Waals surface area contributed by atoms with Crippen molar-refractivity contribution in [2.45, 2.75) is 13.8 Å². The predicted octanol–water partition coefficient (Wildman–Crippen LogP) is 4.51. The molecule has 2 rings (SSSR count). The predicted molar refractivity (Wildman–Crippen MR) is 95.1 cm³/mol. The summed E-state index contributed by atoms with van der Waals surface area (Å²) in [5.74, 6) is -0.133. The first-order valence-electron chi connectivity index (χ1n) is 6.01. The van der Waals surface area contributed by atoms with Crippen LogP contribution in [0.15, 0.2) is 34.8 Å². The van der Waals surface area contributed by atoms with Crippen LogP contribution in [-0.2, 0) is 0 Å². The average molecular weight is 445 g/mol. The lowest BCUT2D eigenvalue weighted by Crippen LogP contribution is -2.15. The van der Waals surface area contributed by atoms with E-state index in [1.54, 1.807) is 0 Å². The van der Waals surface area contributed by atoms with E-state index in [2.05, 4.69) is 43.8 Å². The Labute approximate surface area is 140 Å². The maximum Gasteiger partial charge on any atom is 0.256 e. The molecule has 1 amide bonds. The molecule has 0 radical (unpaired) electrons. The number of amides is 1. The van der Waals surface area contributed by atoms with Crippen molar-refractivity contribution >= 4 is 55.8 Å². The topological polar surface area (TPSA) is 55.1 Å². The van der Waals surface area contributed by atoms with Gasteiger partial charge in [-0.3, -0.25) is 4.79 Å². The minimum atomic E-state index is -0.133. The molecule has 0 heterocycles. The smallest absolute Gasteiger partial charge is 0.256 e. The van der Waals surface area contributed by atoms with E-state index in [4.69, 9.17) is 5.73 Å². The van der Waals surface area contributed by atoms with Gasteiger partial charge in [0.15, 0.2) is 0 Å². The van der Waals surface area contributed by atoms with E-state index < -0.39 is 0 Å². The highest BCUT2D eigenvalue weighted by atomic mass is 127. The van der Waals surface area contributed by atoms with Gasteiger partial charge in [0.2, 0.25) is 0 Å². The Balaban J connectivity index is 2.35. The molecule has 0 fully saturated rings. The summed E-state index contributed by atoms with van der Waals surface area (Å²) in [6, 6.07) is 9.38. The maximum atomic E-state index is 12.4. The Hall–Kier alpha value is -1.08. The fraction of sp³-hybridized carbons (Fsp3) is 0.133. The third kappa shape index (κ3) is 3.32. The van der Waals surface area contributed by atoms with E-state index in [0.29, 0.717) is 11.3 Å². The van der Waals surface area contributed by atoms with Gasteiger partial charge in [0.1, 0.15) is 0 Å². The van der Waals surface area contributed by atoms with Gasteiger partial charge in [-0.1, -0.05) is 0 Å². The van der Waals surface area contributed by atoms with Crippen LogP contribution < -0.4 is 11.1 Å². The number of carbonyl (C=O) groups excluding carboxylic acids is 1. The Kier molecular flexibility index (Phi) is 4.70. The number of nitrogens with one attached hydrogen (secondary N) is 1. The van der Waals surface area contributed by atoms with E-state index >= 15 is 0 Å². The Morgan fingerprint density at radius 1 is 1.20 bits per heavy atom. The molecular weight excluding hydrogens is 431 g/mol. The van der Waals surface area contributed by atoms with Gasteiger partial charge in [-0.25, -0.2) is 0 Å². The summed E-state index contributed by atoms with van der Waals surface area (Å²) in [5.41, 5.74) is 9.84. The van der Waals surface area contributed by atoms with Crippen LogP contribution in [0.3, 0.4) is 0 Å². The van der Waals surface area contributed by atoms with Crippen molar-refractivity contribution < 1.29 is 4.79 Å². The van der Waals surface area contributed by atoms with Gasteiger partial charge in [0.05, 0.1) is 5.56 Å². The first-order chi connectivity index (χ1) is 9.38. The van der Waals surface area contributed by atoms with Crippen LogP contribution in [0, 0.1) is 17.4 Å². The SMILES string of the molecule is Cc1cc(N)cc(C)c1NC(=O)c1cc(I)ccc1Br. The van der Waals surface area contributed by atoms with Gasteiger partial charge < -0.3 is 11.1 Å². The van der Waals surface area contributed by atoms with Crippen molar-refractivity contribution in [2.24, 2.45) is 0 Å². The molecule has 0 unspecified atom stereocenters. The number of nitrogens with two attached hydrogens (primary N) is 1. The highest BCUT2D eigenvalue weighted by Crippen LogP contribution is 2.26. The number of rotatable bonds is 2. The van der Waals surface area contributed by atoms with Crippen LogP contribution >= 0.6 is 38.5 Å². The normalized spacial score (nSPS) is 10.4. The third-order valence-corrected chi connectivity index (χ3v) is 4.33. The summed E-state index contributed by atoms with van der Waals surface area (Å²) in [5, 5.41) is 2.96. The summed E-state index contributed by atoms with van der Waals surface area (Å²) >= 11 is 5.60. The van der Waals surface area contributed by atoms with Crippen molar-refractivity contribution in [1.82, 2.24) is 0 Å². The monoisotopic (exact) mass is 444 g/mol. The van der Waals surface area contributed by atoms with Crippen molar-refractivity contribution in [3.05, 3.63) is 55.1 Å². The number of anilines is 2. The second-order valence-corrected chi connectivity index (χ2v) is 6.71. The largest absolute Gasteiger partial charge is 0.399 e. The van der Waals surface area contributed by atoms with Crippen molar-refractivity contribution in [3.63, 3.8) is 0 Å². The van der Waals surface area contributed by atoms with Crippen LogP contribution in [0.5, 0.6) is 0 Å². The molecule has 2 aromatic rings. The summed E-state index contributed by atoms with van der Waals surface area (Å²) in [6.07, 6.45) is 0. The van der Waals surface area contributed by atoms with Crippen LogP contribution in [0.1, 0.15) is 21.5 Å². The molecule has 0 aromatic heterocycles. The molecule has 0 spiro atoms. The molecule has 5 heteroatoms. The summed E-state index contributed by atoms with van der Waals surface area (Å²) in [4.78, 5) is 12.4. The van der Waals surface area contributed by atoms with Crippen molar-refractivity contribution in [3.8, 4) is 0 Å². The quantitative estimate of drug-likeness (QED) is 0.529. The van der Waals surface area contributed by atoms with E-state index in [9.17, 15) is 4.79 Å². The fourth-order valence-corrected chi connectivity index (χ4v) is 2.96. The van der Waals surface area contributed by atoms with Gasteiger partial charge in [0.25, 0.3) is 5.91 Å². The van der Waals surface area contributed by atoms with E-state index in [1.807, 2.05) is 44.2 Å². The summed E-state index contributed by atoms with van der Waals surface area (Å²) in [6.45, 7) is 3.87. The van der Waals surface area contributed by atoms with Gasteiger partial charge in [-0.2, -0.15) is 0 Å². The first kappa shape index (κ1) is 15.3. The number of benzene rings is 2. The number of aryl methyl sites for hydroxylation is 2. The first-order valence-corrected chi connectivity index (χ1v) is 7.89. The van der Waals surface area contributed by atoms with Gasteiger partial charge in [-0.05, 0) is 93.8 Å². The standard InChI is InChI=1S/C15H14BrIN2O/c1-8-5-11(18)6-9(2)14(8)19-15(20)12-7-10(17)3-4-13(12)16/h3-7H,18H2,1-2H3,(H,19,20). The highest BCUT2D eigenvalue weighted by molar-refractivity contribution is 14.1. The number of nitrogen functional groups attached to an aromatic ring is 1. The number of halogens is 2. The molecule has 0 aliphatic carbocycles. The van der Waals surface area contributed by atoms with E-state index in [1.165, 1.54) is 0 Å². The molecule has 3 nitrogen and oxygen atoms in total. The average Bonchev–Trinajstić information content (AvgIpc) is 2.36. The van der Waals surface area contributed by atoms with E-state index in [-0.39, 0.29) is 5.91 Å². The molecule has 0 saturated heterocycles. The van der Waals surface area contributed by atoms with Crippen molar-refractivity contribution in [1.29, 1.82) is 0 Å².